The van der Waals surface area contributed by atoms with Crippen LogP contribution in [-0.2, 0) is 6.42 Å². The fourth-order valence-electron chi connectivity index (χ4n) is 2.37. The summed E-state index contributed by atoms with van der Waals surface area (Å²) < 4.78 is 5.14. The van der Waals surface area contributed by atoms with Crippen LogP contribution in [0.5, 0.6) is 5.75 Å². The number of anilines is 2. The number of rotatable bonds is 7. The van der Waals surface area contributed by atoms with E-state index < -0.39 is 0 Å². The minimum Gasteiger partial charge on any atom is -0.497 e. The predicted molar refractivity (Wildman–Crippen MR) is 102 cm³/mol. The number of aromatic nitrogens is 2. The second kappa shape index (κ2) is 8.62. The Morgan fingerprint density at radius 3 is 2.35 bits per heavy atom. The topological polar surface area (TPSA) is 76.1 Å². The Bertz CT molecular complexity index is 834. The van der Waals surface area contributed by atoms with Crippen LogP contribution in [0, 0.1) is 0 Å². The van der Waals surface area contributed by atoms with Crippen LogP contribution in [0.2, 0.25) is 0 Å². The van der Waals surface area contributed by atoms with Crippen LogP contribution in [0.3, 0.4) is 0 Å². The second-order valence-electron chi connectivity index (χ2n) is 5.64. The summed E-state index contributed by atoms with van der Waals surface area (Å²) in [7, 11) is 1.65. The molecule has 0 unspecified atom stereocenters. The first-order valence-corrected chi connectivity index (χ1v) is 8.30. The molecule has 6 heteroatoms. The molecule has 0 spiro atoms. The summed E-state index contributed by atoms with van der Waals surface area (Å²) in [5, 5.41) is 5.95. The van der Waals surface area contributed by atoms with E-state index in [1.807, 2.05) is 54.6 Å². The van der Waals surface area contributed by atoms with Gasteiger partial charge in [-0.15, -0.1) is 0 Å². The molecule has 0 atom stereocenters. The Hall–Kier alpha value is -3.41. The molecule has 6 nitrogen and oxygen atoms in total. The monoisotopic (exact) mass is 348 g/mol. The van der Waals surface area contributed by atoms with E-state index in [-0.39, 0.29) is 5.91 Å². The van der Waals surface area contributed by atoms with Crippen molar-refractivity contribution in [3.8, 4) is 5.75 Å². The van der Waals surface area contributed by atoms with E-state index in [2.05, 4.69) is 20.6 Å². The molecule has 3 rings (SSSR count). The maximum Gasteiger partial charge on any atom is 0.258 e. The van der Waals surface area contributed by atoms with Gasteiger partial charge in [-0.3, -0.25) is 4.79 Å². The van der Waals surface area contributed by atoms with Gasteiger partial charge < -0.3 is 15.4 Å². The molecule has 0 bridgehead atoms. The number of para-hydroxylation sites is 1. The SMILES string of the molecule is COc1ccc(CCNc2ncc(C(=O)Nc3ccccc3)cn2)cc1. The van der Waals surface area contributed by atoms with Crippen molar-refractivity contribution in [2.24, 2.45) is 0 Å². The number of hydrogen-bond donors (Lipinski definition) is 2. The highest BCUT2D eigenvalue weighted by atomic mass is 16.5. The van der Waals surface area contributed by atoms with Gasteiger partial charge in [-0.2, -0.15) is 0 Å². The number of methoxy groups -OCH3 is 1. The maximum atomic E-state index is 12.2. The fourth-order valence-corrected chi connectivity index (χ4v) is 2.37. The van der Waals surface area contributed by atoms with Crippen molar-refractivity contribution in [3.63, 3.8) is 0 Å². The predicted octanol–water partition coefficient (Wildman–Crippen LogP) is 3.39. The lowest BCUT2D eigenvalue weighted by molar-refractivity contribution is 0.102. The molecule has 26 heavy (non-hydrogen) atoms. The van der Waals surface area contributed by atoms with Gasteiger partial charge in [0.15, 0.2) is 0 Å². The van der Waals surface area contributed by atoms with Crippen molar-refractivity contribution in [2.75, 3.05) is 24.3 Å². The minimum absolute atomic E-state index is 0.235. The van der Waals surface area contributed by atoms with Crippen molar-refractivity contribution in [1.29, 1.82) is 0 Å². The molecule has 0 saturated carbocycles. The summed E-state index contributed by atoms with van der Waals surface area (Å²) in [6, 6.07) is 17.2. The molecular weight excluding hydrogens is 328 g/mol. The molecule has 1 heterocycles. The molecule has 2 aromatic carbocycles. The van der Waals surface area contributed by atoms with E-state index in [4.69, 9.17) is 4.74 Å². The van der Waals surface area contributed by atoms with Gasteiger partial charge in [-0.05, 0) is 36.2 Å². The van der Waals surface area contributed by atoms with Crippen LogP contribution < -0.4 is 15.4 Å². The molecular formula is C20H20N4O2. The van der Waals surface area contributed by atoms with E-state index in [1.165, 1.54) is 18.0 Å². The zero-order valence-corrected chi connectivity index (χ0v) is 14.5. The summed E-state index contributed by atoms with van der Waals surface area (Å²) in [4.78, 5) is 20.5. The third-order valence-electron chi connectivity index (χ3n) is 3.80. The molecule has 1 amide bonds. The highest BCUT2D eigenvalue weighted by molar-refractivity contribution is 6.03. The number of hydrogen-bond acceptors (Lipinski definition) is 5. The first-order chi connectivity index (χ1) is 12.7. The summed E-state index contributed by atoms with van der Waals surface area (Å²) in [6.45, 7) is 0.696. The number of benzene rings is 2. The van der Waals surface area contributed by atoms with Crippen molar-refractivity contribution < 1.29 is 9.53 Å². The average Bonchev–Trinajstić information content (AvgIpc) is 2.70. The number of nitrogens with one attached hydrogen (secondary N) is 2. The lowest BCUT2D eigenvalue weighted by Gasteiger charge is -2.07. The first-order valence-electron chi connectivity index (χ1n) is 8.30. The summed E-state index contributed by atoms with van der Waals surface area (Å²) in [5.74, 6) is 1.10. The molecule has 0 radical (unpaired) electrons. The molecule has 2 N–H and O–H groups in total. The minimum atomic E-state index is -0.235. The van der Waals surface area contributed by atoms with E-state index in [1.54, 1.807) is 7.11 Å². The van der Waals surface area contributed by atoms with Gasteiger partial charge in [0.1, 0.15) is 5.75 Å². The third kappa shape index (κ3) is 4.80. The lowest BCUT2D eigenvalue weighted by atomic mass is 10.1. The number of amides is 1. The molecule has 0 saturated heterocycles. The molecule has 0 aliphatic rings. The molecule has 1 aromatic heterocycles. The van der Waals surface area contributed by atoms with E-state index >= 15 is 0 Å². The van der Waals surface area contributed by atoms with E-state index in [0.717, 1.165) is 17.9 Å². The molecule has 0 aliphatic heterocycles. The third-order valence-corrected chi connectivity index (χ3v) is 3.80. The Kier molecular flexibility index (Phi) is 5.77. The normalized spacial score (nSPS) is 10.2. The zero-order chi connectivity index (χ0) is 18.2. The van der Waals surface area contributed by atoms with Crippen LogP contribution in [0.1, 0.15) is 15.9 Å². The molecule has 132 valence electrons. The van der Waals surface area contributed by atoms with Gasteiger partial charge in [0.25, 0.3) is 5.91 Å². The zero-order valence-electron chi connectivity index (χ0n) is 14.5. The van der Waals surface area contributed by atoms with E-state index in [9.17, 15) is 4.79 Å². The molecule has 0 aliphatic carbocycles. The quantitative estimate of drug-likeness (QED) is 0.684. The summed E-state index contributed by atoms with van der Waals surface area (Å²) in [5.41, 5.74) is 2.34. The highest BCUT2D eigenvalue weighted by Crippen LogP contribution is 2.12. The van der Waals surface area contributed by atoms with E-state index in [0.29, 0.717) is 18.1 Å². The van der Waals surface area contributed by atoms with Crippen molar-refractivity contribution in [2.45, 2.75) is 6.42 Å². The number of ether oxygens (including phenoxy) is 1. The van der Waals surface area contributed by atoms with Crippen LogP contribution in [0.4, 0.5) is 11.6 Å². The average molecular weight is 348 g/mol. The number of nitrogens with zero attached hydrogens (tertiary/aromatic N) is 2. The number of carbonyl (C=O) groups excluding carboxylic acids is 1. The first kappa shape index (κ1) is 17.4. The van der Waals surface area contributed by atoms with Crippen molar-refractivity contribution in [1.82, 2.24) is 9.97 Å². The molecule has 3 aromatic rings. The summed E-state index contributed by atoms with van der Waals surface area (Å²) in [6.07, 6.45) is 3.87. The highest BCUT2D eigenvalue weighted by Gasteiger charge is 2.07. The maximum absolute atomic E-state index is 12.2. The lowest BCUT2D eigenvalue weighted by Crippen LogP contribution is -2.14. The van der Waals surface area contributed by atoms with Crippen LogP contribution in [0.25, 0.3) is 0 Å². The standard InChI is InChI=1S/C20H20N4O2/c1-26-18-9-7-15(8-10-18)11-12-21-20-22-13-16(14-23-20)19(25)24-17-5-3-2-4-6-17/h2-10,13-14H,11-12H2,1H3,(H,24,25)(H,21,22,23). The smallest absolute Gasteiger partial charge is 0.258 e. The largest absolute Gasteiger partial charge is 0.497 e. The van der Waals surface area contributed by atoms with Gasteiger partial charge >= 0.3 is 0 Å². The van der Waals surface area contributed by atoms with Gasteiger partial charge in [0.2, 0.25) is 5.95 Å². The van der Waals surface area contributed by atoms with Crippen LogP contribution >= 0.6 is 0 Å². The Morgan fingerprint density at radius 1 is 1.00 bits per heavy atom. The van der Waals surface area contributed by atoms with Crippen molar-refractivity contribution >= 4 is 17.5 Å². The molecule has 0 fully saturated rings. The van der Waals surface area contributed by atoms with Crippen molar-refractivity contribution in [3.05, 3.63) is 78.1 Å². The van der Waals surface area contributed by atoms with Crippen LogP contribution in [-0.4, -0.2) is 29.5 Å². The van der Waals surface area contributed by atoms with Gasteiger partial charge in [-0.1, -0.05) is 30.3 Å². The summed E-state index contributed by atoms with van der Waals surface area (Å²) >= 11 is 0. The van der Waals surface area contributed by atoms with Gasteiger partial charge in [0.05, 0.1) is 12.7 Å². The van der Waals surface area contributed by atoms with Gasteiger partial charge in [-0.25, -0.2) is 9.97 Å². The second-order valence-corrected chi connectivity index (χ2v) is 5.64. The Balaban J connectivity index is 1.50. The van der Waals surface area contributed by atoms with Crippen LogP contribution in [0.15, 0.2) is 67.0 Å². The van der Waals surface area contributed by atoms with Gasteiger partial charge in [0, 0.05) is 24.6 Å². The Labute approximate surface area is 152 Å². The Morgan fingerprint density at radius 2 is 1.69 bits per heavy atom. The fraction of sp³-hybridized carbons (Fsp3) is 0.150. The number of carbonyl (C=O) groups is 1.